The molecule has 0 unspecified atom stereocenters. The smallest absolute Gasteiger partial charge is 0.161 e. The van der Waals surface area contributed by atoms with Crippen molar-refractivity contribution in [2.24, 2.45) is 0 Å². The molecule has 0 spiro atoms. The van der Waals surface area contributed by atoms with Gasteiger partial charge in [0.05, 0.1) is 0 Å². The second kappa shape index (κ2) is 5.91. The van der Waals surface area contributed by atoms with E-state index >= 15 is 0 Å². The molecule has 0 N–H and O–H groups in total. The molecule has 0 aromatic heterocycles. The van der Waals surface area contributed by atoms with E-state index in [9.17, 15) is 9.59 Å². The van der Waals surface area contributed by atoms with Gasteiger partial charge in [-0.3, -0.25) is 9.59 Å². The molecular weight excluding hydrogens is 236 g/mol. The number of hydrogen-bond donors (Lipinski definition) is 0. The molecule has 2 heteroatoms. The van der Waals surface area contributed by atoms with E-state index in [0.717, 1.165) is 17.4 Å². The number of carbonyl (C=O) groups excluding carboxylic acids is 2. The SMILES string of the molecule is CC(=O)/C(=C(\C=O)c1ccccc1)c1ccccc1. The zero-order chi connectivity index (χ0) is 13.7. The second-order valence-corrected chi connectivity index (χ2v) is 4.19. The van der Waals surface area contributed by atoms with E-state index in [2.05, 4.69) is 0 Å². The summed E-state index contributed by atoms with van der Waals surface area (Å²) in [5.41, 5.74) is 2.41. The number of ketones is 1. The first-order chi connectivity index (χ1) is 9.24. The van der Waals surface area contributed by atoms with Crippen LogP contribution in [0.25, 0.3) is 11.1 Å². The van der Waals surface area contributed by atoms with Crippen molar-refractivity contribution in [2.45, 2.75) is 6.92 Å². The first kappa shape index (κ1) is 13.0. The number of aldehydes is 1. The van der Waals surface area contributed by atoms with Crippen LogP contribution in [0.2, 0.25) is 0 Å². The van der Waals surface area contributed by atoms with Crippen molar-refractivity contribution in [1.82, 2.24) is 0 Å². The standard InChI is InChI=1S/C17H14O2/c1-13(19)17(15-10-6-3-7-11-15)16(12-18)14-8-4-2-5-9-14/h2-12H,1H3/b17-16-. The lowest BCUT2D eigenvalue weighted by Crippen LogP contribution is -2.02. The van der Waals surface area contributed by atoms with Gasteiger partial charge in [-0.15, -0.1) is 0 Å². The molecule has 94 valence electrons. The van der Waals surface area contributed by atoms with Crippen LogP contribution in [0.15, 0.2) is 60.7 Å². The maximum absolute atomic E-state index is 11.9. The third kappa shape index (κ3) is 2.86. The van der Waals surface area contributed by atoms with Crippen LogP contribution in [-0.2, 0) is 9.59 Å². The molecule has 0 radical (unpaired) electrons. The lowest BCUT2D eigenvalue weighted by atomic mass is 9.93. The second-order valence-electron chi connectivity index (χ2n) is 4.19. The van der Waals surface area contributed by atoms with Crippen molar-refractivity contribution >= 4 is 23.2 Å². The van der Waals surface area contributed by atoms with Crippen molar-refractivity contribution in [3.8, 4) is 0 Å². The Bertz CT molecular complexity index is 610. The van der Waals surface area contributed by atoms with Crippen molar-refractivity contribution < 1.29 is 9.59 Å². The highest BCUT2D eigenvalue weighted by Gasteiger charge is 2.14. The van der Waals surface area contributed by atoms with Gasteiger partial charge in [-0.25, -0.2) is 0 Å². The minimum atomic E-state index is -0.114. The average Bonchev–Trinajstić information content (AvgIpc) is 2.46. The van der Waals surface area contributed by atoms with Crippen LogP contribution in [0.5, 0.6) is 0 Å². The van der Waals surface area contributed by atoms with Gasteiger partial charge in [-0.1, -0.05) is 60.7 Å². The molecule has 0 bridgehead atoms. The number of Topliss-reactive ketones (excluding diaryl/α,β-unsaturated/α-hetero) is 1. The van der Waals surface area contributed by atoms with E-state index < -0.39 is 0 Å². The fourth-order valence-electron chi connectivity index (χ4n) is 2.04. The Morgan fingerprint density at radius 1 is 0.842 bits per heavy atom. The average molecular weight is 250 g/mol. The van der Waals surface area contributed by atoms with Gasteiger partial charge in [0.2, 0.25) is 0 Å². The normalized spacial score (nSPS) is 11.6. The molecule has 19 heavy (non-hydrogen) atoms. The van der Waals surface area contributed by atoms with Crippen LogP contribution in [0.4, 0.5) is 0 Å². The van der Waals surface area contributed by atoms with E-state index in [0.29, 0.717) is 11.1 Å². The lowest BCUT2D eigenvalue weighted by Gasteiger charge is -2.09. The van der Waals surface area contributed by atoms with Gasteiger partial charge in [0, 0.05) is 11.1 Å². The molecule has 0 aliphatic heterocycles. The Morgan fingerprint density at radius 3 is 1.74 bits per heavy atom. The van der Waals surface area contributed by atoms with E-state index in [-0.39, 0.29) is 5.78 Å². The number of allylic oxidation sites excluding steroid dienone is 2. The van der Waals surface area contributed by atoms with Gasteiger partial charge in [0.1, 0.15) is 0 Å². The monoisotopic (exact) mass is 250 g/mol. The van der Waals surface area contributed by atoms with Gasteiger partial charge < -0.3 is 0 Å². The molecule has 0 aliphatic carbocycles. The molecular formula is C17H14O2. The van der Waals surface area contributed by atoms with E-state index in [1.54, 1.807) is 0 Å². The van der Waals surface area contributed by atoms with Gasteiger partial charge in [0.15, 0.2) is 12.1 Å². The van der Waals surface area contributed by atoms with E-state index in [1.807, 2.05) is 60.7 Å². The largest absolute Gasteiger partial charge is 0.298 e. The Balaban J connectivity index is 2.67. The van der Waals surface area contributed by atoms with Crippen LogP contribution in [0.3, 0.4) is 0 Å². The molecule has 0 heterocycles. The maximum atomic E-state index is 11.9. The fourth-order valence-corrected chi connectivity index (χ4v) is 2.04. The van der Waals surface area contributed by atoms with Crippen LogP contribution in [0, 0.1) is 0 Å². The Hall–Kier alpha value is -2.48. The summed E-state index contributed by atoms with van der Waals surface area (Å²) in [6, 6.07) is 18.5. The molecule has 2 nitrogen and oxygen atoms in total. The number of benzene rings is 2. The number of hydrogen-bond acceptors (Lipinski definition) is 2. The molecule has 2 aromatic carbocycles. The van der Waals surface area contributed by atoms with Crippen LogP contribution in [-0.4, -0.2) is 12.1 Å². The van der Waals surface area contributed by atoms with Gasteiger partial charge in [0.25, 0.3) is 0 Å². The summed E-state index contributed by atoms with van der Waals surface area (Å²) in [5, 5.41) is 0. The fraction of sp³-hybridized carbons (Fsp3) is 0.0588. The summed E-state index contributed by atoms with van der Waals surface area (Å²) in [5.74, 6) is -0.114. The molecule has 0 amide bonds. The zero-order valence-corrected chi connectivity index (χ0v) is 10.7. The van der Waals surface area contributed by atoms with Gasteiger partial charge in [-0.05, 0) is 18.1 Å². The molecule has 0 saturated carbocycles. The highest BCUT2D eigenvalue weighted by Crippen LogP contribution is 2.25. The van der Waals surface area contributed by atoms with Crippen molar-refractivity contribution in [1.29, 1.82) is 0 Å². The molecule has 0 saturated heterocycles. The van der Waals surface area contributed by atoms with E-state index in [4.69, 9.17) is 0 Å². The Morgan fingerprint density at radius 2 is 1.32 bits per heavy atom. The highest BCUT2D eigenvalue weighted by molar-refractivity contribution is 6.35. The summed E-state index contributed by atoms with van der Waals surface area (Å²) in [4.78, 5) is 23.3. The van der Waals surface area contributed by atoms with Gasteiger partial charge in [-0.2, -0.15) is 0 Å². The van der Waals surface area contributed by atoms with Crippen LogP contribution >= 0.6 is 0 Å². The molecule has 0 atom stereocenters. The summed E-state index contributed by atoms with van der Waals surface area (Å²) >= 11 is 0. The third-order valence-corrected chi connectivity index (χ3v) is 2.89. The predicted molar refractivity (Wildman–Crippen MR) is 76.4 cm³/mol. The minimum Gasteiger partial charge on any atom is -0.298 e. The number of carbonyl (C=O) groups is 2. The van der Waals surface area contributed by atoms with Gasteiger partial charge >= 0.3 is 0 Å². The Kier molecular flexibility index (Phi) is 4.04. The third-order valence-electron chi connectivity index (χ3n) is 2.89. The Labute approximate surface area is 112 Å². The summed E-state index contributed by atoms with van der Waals surface area (Å²) in [6.07, 6.45) is 0.749. The molecule has 0 aliphatic rings. The predicted octanol–water partition coefficient (Wildman–Crippen LogP) is 3.39. The van der Waals surface area contributed by atoms with Crippen molar-refractivity contribution in [2.75, 3.05) is 0 Å². The lowest BCUT2D eigenvalue weighted by molar-refractivity contribution is -0.112. The minimum absolute atomic E-state index is 0.114. The molecule has 2 rings (SSSR count). The highest BCUT2D eigenvalue weighted by atomic mass is 16.1. The first-order valence-corrected chi connectivity index (χ1v) is 6.05. The van der Waals surface area contributed by atoms with Crippen LogP contribution in [0.1, 0.15) is 18.1 Å². The molecule has 0 fully saturated rings. The quantitative estimate of drug-likeness (QED) is 0.473. The summed E-state index contributed by atoms with van der Waals surface area (Å²) in [6.45, 7) is 1.48. The van der Waals surface area contributed by atoms with Crippen LogP contribution < -0.4 is 0 Å². The number of rotatable bonds is 4. The van der Waals surface area contributed by atoms with Crippen molar-refractivity contribution in [3.05, 3.63) is 71.8 Å². The van der Waals surface area contributed by atoms with Crippen molar-refractivity contribution in [3.63, 3.8) is 0 Å². The first-order valence-electron chi connectivity index (χ1n) is 6.05. The summed E-state index contributed by atoms with van der Waals surface area (Å²) < 4.78 is 0. The summed E-state index contributed by atoms with van der Waals surface area (Å²) in [7, 11) is 0. The maximum Gasteiger partial charge on any atom is 0.161 e. The zero-order valence-electron chi connectivity index (χ0n) is 10.7. The topological polar surface area (TPSA) is 34.1 Å². The van der Waals surface area contributed by atoms with E-state index in [1.165, 1.54) is 6.92 Å². The molecule has 2 aromatic rings.